The molecular formula is C27H21BrN4O5S2. The number of carbonyl (C=O) groups is 1. The Morgan fingerprint density at radius 3 is 2.56 bits per heavy atom. The van der Waals surface area contributed by atoms with Crippen molar-refractivity contribution in [2.45, 2.75) is 12.1 Å². The van der Waals surface area contributed by atoms with Crippen LogP contribution in [0.4, 0.5) is 4.79 Å². The number of aryl methyl sites for hydroxylation is 1. The summed E-state index contributed by atoms with van der Waals surface area (Å²) >= 11 is 6.49. The lowest BCUT2D eigenvalue weighted by Gasteiger charge is -2.08. The van der Waals surface area contributed by atoms with Crippen molar-refractivity contribution >= 4 is 67.7 Å². The number of halogens is 1. The minimum atomic E-state index is -0.847. The number of rotatable bonds is 7. The fourth-order valence-electron chi connectivity index (χ4n) is 3.72. The van der Waals surface area contributed by atoms with Crippen molar-refractivity contribution in [3.63, 3.8) is 0 Å². The Morgan fingerprint density at radius 1 is 1.08 bits per heavy atom. The molecule has 0 radical (unpaired) electrons. The van der Waals surface area contributed by atoms with Gasteiger partial charge in [-0.2, -0.15) is 0 Å². The molecule has 2 aromatic heterocycles. The summed E-state index contributed by atoms with van der Waals surface area (Å²) in [4.78, 5) is 16.8. The maximum absolute atomic E-state index is 12.4. The zero-order chi connectivity index (χ0) is 27.5. The molecule has 0 aliphatic carbocycles. The molecule has 12 heteroatoms. The first-order chi connectivity index (χ1) is 18.8. The second-order valence-electron chi connectivity index (χ2n) is 8.08. The number of methoxy groups -OCH3 is 1. The third-order valence-electron chi connectivity index (χ3n) is 5.53. The van der Waals surface area contributed by atoms with Gasteiger partial charge in [-0.05, 0) is 73.3 Å². The molecule has 0 atom stereocenters. The summed E-state index contributed by atoms with van der Waals surface area (Å²) < 4.78 is 19.5. The standard InChI is InChI=1S/C27H21BrN4O5S2/c1-15-29-21-13-19(8-9-24(21)39-15)37-27(34)36-18-6-4-16(5-7-18)25-30-31-26(38-3)32(25)11-10-17-12-23(35-2)22(33)14-20(17)28/h4-14,33H,1-3H3/b11-10+. The number of hydrogen-bond acceptors (Lipinski definition) is 10. The van der Waals surface area contributed by atoms with E-state index in [-0.39, 0.29) is 5.75 Å². The van der Waals surface area contributed by atoms with E-state index in [0.717, 1.165) is 26.4 Å². The topological polar surface area (TPSA) is 109 Å². The van der Waals surface area contributed by atoms with Gasteiger partial charge in [-0.25, -0.2) is 9.78 Å². The third-order valence-corrected chi connectivity index (χ3v) is 7.81. The molecule has 2 heterocycles. The van der Waals surface area contributed by atoms with Crippen molar-refractivity contribution in [1.29, 1.82) is 0 Å². The molecule has 1 N–H and O–H groups in total. The van der Waals surface area contributed by atoms with E-state index in [1.54, 1.807) is 59.9 Å². The molecule has 0 saturated carbocycles. The van der Waals surface area contributed by atoms with Gasteiger partial charge in [-0.15, -0.1) is 21.5 Å². The molecule has 0 aliphatic heterocycles. The number of hydrogen-bond donors (Lipinski definition) is 1. The summed E-state index contributed by atoms with van der Waals surface area (Å²) in [6.45, 7) is 1.93. The Bertz CT molecular complexity index is 1700. The van der Waals surface area contributed by atoms with Crippen LogP contribution < -0.4 is 14.2 Å². The minimum Gasteiger partial charge on any atom is -0.504 e. The molecule has 0 fully saturated rings. The Labute approximate surface area is 240 Å². The van der Waals surface area contributed by atoms with Crippen molar-refractivity contribution in [2.24, 2.45) is 0 Å². The van der Waals surface area contributed by atoms with E-state index < -0.39 is 6.16 Å². The van der Waals surface area contributed by atoms with Gasteiger partial charge in [0.1, 0.15) is 11.5 Å². The van der Waals surface area contributed by atoms with Crippen LogP contribution in [-0.4, -0.2) is 44.4 Å². The molecule has 0 bridgehead atoms. The molecule has 39 heavy (non-hydrogen) atoms. The normalized spacial score (nSPS) is 11.3. The Kier molecular flexibility index (Phi) is 7.87. The van der Waals surface area contributed by atoms with Crippen molar-refractivity contribution in [3.05, 3.63) is 69.6 Å². The van der Waals surface area contributed by atoms with Gasteiger partial charge in [0.25, 0.3) is 0 Å². The predicted molar refractivity (Wildman–Crippen MR) is 156 cm³/mol. The van der Waals surface area contributed by atoms with Crippen LogP contribution in [-0.2, 0) is 0 Å². The Balaban J connectivity index is 1.32. The highest BCUT2D eigenvalue weighted by Crippen LogP contribution is 2.34. The molecular weight excluding hydrogens is 604 g/mol. The molecule has 0 aliphatic rings. The number of thioether (sulfide) groups is 1. The van der Waals surface area contributed by atoms with Gasteiger partial charge in [0.2, 0.25) is 0 Å². The number of aromatic nitrogens is 4. The zero-order valence-corrected chi connectivity index (χ0v) is 24.1. The van der Waals surface area contributed by atoms with E-state index in [4.69, 9.17) is 14.2 Å². The highest BCUT2D eigenvalue weighted by atomic mass is 79.9. The van der Waals surface area contributed by atoms with Gasteiger partial charge < -0.3 is 19.3 Å². The number of carbonyl (C=O) groups excluding carboxylic acids is 1. The van der Waals surface area contributed by atoms with Crippen molar-refractivity contribution in [1.82, 2.24) is 19.7 Å². The van der Waals surface area contributed by atoms with Gasteiger partial charge in [0.15, 0.2) is 22.5 Å². The van der Waals surface area contributed by atoms with E-state index in [9.17, 15) is 9.90 Å². The average Bonchev–Trinajstić information content (AvgIpc) is 3.50. The third kappa shape index (κ3) is 5.92. The van der Waals surface area contributed by atoms with Crippen LogP contribution in [0.2, 0.25) is 0 Å². The summed E-state index contributed by atoms with van der Waals surface area (Å²) in [5.41, 5.74) is 2.33. The maximum Gasteiger partial charge on any atom is 0.519 e. The average molecular weight is 626 g/mol. The number of phenols is 1. The SMILES string of the molecule is COc1cc(/C=C/n2c(SC)nnc2-c2ccc(OC(=O)Oc3ccc4sc(C)nc4c3)cc2)c(Br)cc1O. The van der Waals surface area contributed by atoms with Crippen LogP contribution in [0.5, 0.6) is 23.0 Å². The molecule has 198 valence electrons. The van der Waals surface area contributed by atoms with Crippen molar-refractivity contribution in [3.8, 4) is 34.4 Å². The molecule has 5 aromatic rings. The number of nitrogens with zero attached hydrogens (tertiary/aromatic N) is 4. The quantitative estimate of drug-likeness (QED) is 0.114. The van der Waals surface area contributed by atoms with Gasteiger partial charge in [0.05, 0.1) is 22.3 Å². The predicted octanol–water partition coefficient (Wildman–Crippen LogP) is 7.27. The highest BCUT2D eigenvalue weighted by molar-refractivity contribution is 9.10. The van der Waals surface area contributed by atoms with Crippen LogP contribution in [0.3, 0.4) is 0 Å². The van der Waals surface area contributed by atoms with E-state index in [0.29, 0.717) is 32.7 Å². The number of ether oxygens (including phenoxy) is 3. The zero-order valence-electron chi connectivity index (χ0n) is 20.9. The number of aromatic hydroxyl groups is 1. The Morgan fingerprint density at radius 2 is 1.82 bits per heavy atom. The van der Waals surface area contributed by atoms with Crippen molar-refractivity contribution < 1.29 is 24.1 Å². The summed E-state index contributed by atoms with van der Waals surface area (Å²) in [7, 11) is 1.50. The van der Waals surface area contributed by atoms with Crippen molar-refractivity contribution in [2.75, 3.05) is 13.4 Å². The fraction of sp³-hybridized carbons (Fsp3) is 0.111. The van der Waals surface area contributed by atoms with Crippen LogP contribution in [0.1, 0.15) is 10.6 Å². The summed E-state index contributed by atoms with van der Waals surface area (Å²) in [5.74, 6) is 1.68. The molecule has 0 saturated heterocycles. The van der Waals surface area contributed by atoms with E-state index in [2.05, 4.69) is 31.1 Å². The fourth-order valence-corrected chi connectivity index (χ4v) is 5.46. The van der Waals surface area contributed by atoms with E-state index in [1.165, 1.54) is 18.9 Å². The van der Waals surface area contributed by atoms with Gasteiger partial charge in [-0.1, -0.05) is 27.7 Å². The smallest absolute Gasteiger partial charge is 0.504 e. The lowest BCUT2D eigenvalue weighted by Crippen LogP contribution is -2.13. The number of phenolic OH excluding ortho intramolecular Hbond substituents is 1. The second-order valence-corrected chi connectivity index (χ2v) is 10.9. The van der Waals surface area contributed by atoms with Crippen LogP contribution in [0, 0.1) is 6.92 Å². The molecule has 9 nitrogen and oxygen atoms in total. The van der Waals surface area contributed by atoms with Crippen LogP contribution in [0.15, 0.2) is 64.2 Å². The maximum atomic E-state index is 12.4. The first kappa shape index (κ1) is 26.7. The first-order valence-electron chi connectivity index (χ1n) is 11.5. The largest absolute Gasteiger partial charge is 0.519 e. The summed E-state index contributed by atoms with van der Waals surface area (Å²) in [6, 6.07) is 15.5. The van der Waals surface area contributed by atoms with Crippen LogP contribution >= 0.6 is 39.0 Å². The number of benzene rings is 3. The molecule has 0 amide bonds. The Hall–Kier alpha value is -3.87. The van der Waals surface area contributed by atoms with Gasteiger partial charge >= 0.3 is 6.16 Å². The second kappa shape index (κ2) is 11.5. The lowest BCUT2D eigenvalue weighted by atomic mass is 10.2. The lowest BCUT2D eigenvalue weighted by molar-refractivity contribution is 0.152. The minimum absolute atomic E-state index is 0.0399. The number of fused-ring (bicyclic) bond motifs is 1. The van der Waals surface area contributed by atoms with Crippen LogP contribution in [0.25, 0.3) is 33.9 Å². The monoisotopic (exact) mass is 624 g/mol. The summed E-state index contributed by atoms with van der Waals surface area (Å²) in [5, 5.41) is 20.2. The van der Waals surface area contributed by atoms with Gasteiger partial charge in [0, 0.05) is 22.3 Å². The van der Waals surface area contributed by atoms with E-state index in [1.807, 2.05) is 36.1 Å². The molecule has 0 unspecified atom stereocenters. The molecule has 5 rings (SSSR count). The molecule has 0 spiro atoms. The summed E-state index contributed by atoms with van der Waals surface area (Å²) in [6.07, 6.45) is 4.75. The molecule has 3 aromatic carbocycles. The van der Waals surface area contributed by atoms with Gasteiger partial charge in [-0.3, -0.25) is 4.57 Å². The van der Waals surface area contributed by atoms with E-state index >= 15 is 0 Å². The first-order valence-corrected chi connectivity index (χ1v) is 14.3. The number of thiazole rings is 1. The highest BCUT2D eigenvalue weighted by Gasteiger charge is 2.14.